The first-order valence-electron chi connectivity index (χ1n) is 7.48. The molecule has 3 nitrogen and oxygen atoms in total. The van der Waals surface area contributed by atoms with Crippen molar-refractivity contribution >= 4 is 11.6 Å². The van der Waals surface area contributed by atoms with E-state index < -0.39 is 0 Å². The summed E-state index contributed by atoms with van der Waals surface area (Å²) in [6.07, 6.45) is 4.87. The maximum atomic E-state index is 6.39. The Kier molecular flexibility index (Phi) is 4.91. The number of hydrogen-bond acceptors (Lipinski definition) is 2. The highest BCUT2D eigenvalue weighted by Crippen LogP contribution is 2.30. The first-order chi connectivity index (χ1) is 9.04. The van der Waals surface area contributed by atoms with Crippen molar-refractivity contribution in [2.24, 2.45) is 18.9 Å². The minimum absolute atomic E-state index is 0.611. The van der Waals surface area contributed by atoms with Gasteiger partial charge in [0.15, 0.2) is 0 Å². The van der Waals surface area contributed by atoms with Crippen molar-refractivity contribution in [2.45, 2.75) is 59.0 Å². The first kappa shape index (κ1) is 14.9. The van der Waals surface area contributed by atoms with Crippen molar-refractivity contribution in [3.63, 3.8) is 0 Å². The molecule has 1 aromatic heterocycles. The number of halogens is 1. The van der Waals surface area contributed by atoms with Crippen LogP contribution in [0.3, 0.4) is 0 Å². The van der Waals surface area contributed by atoms with Crippen LogP contribution in [0.5, 0.6) is 0 Å². The molecule has 1 aromatic rings. The second-order valence-electron chi connectivity index (χ2n) is 5.94. The van der Waals surface area contributed by atoms with E-state index in [1.54, 1.807) is 0 Å². The quantitative estimate of drug-likeness (QED) is 0.916. The average molecular weight is 284 g/mol. The van der Waals surface area contributed by atoms with Crippen LogP contribution in [0.15, 0.2) is 0 Å². The van der Waals surface area contributed by atoms with Gasteiger partial charge >= 0.3 is 0 Å². The second-order valence-corrected chi connectivity index (χ2v) is 6.32. The highest BCUT2D eigenvalue weighted by Gasteiger charge is 2.27. The molecule has 0 aliphatic heterocycles. The Hall–Kier alpha value is -0.540. The van der Waals surface area contributed by atoms with E-state index in [2.05, 4.69) is 31.2 Å². The van der Waals surface area contributed by atoms with Crippen LogP contribution in [-0.2, 0) is 20.0 Å². The highest BCUT2D eigenvalue weighted by atomic mass is 35.5. The molecule has 0 saturated heterocycles. The summed E-state index contributed by atoms with van der Waals surface area (Å²) in [6, 6.07) is 0.611. The van der Waals surface area contributed by atoms with Gasteiger partial charge in [0.25, 0.3) is 0 Å². The van der Waals surface area contributed by atoms with Crippen LogP contribution in [0, 0.1) is 11.8 Å². The molecule has 19 heavy (non-hydrogen) atoms. The molecule has 1 fully saturated rings. The summed E-state index contributed by atoms with van der Waals surface area (Å²) < 4.78 is 1.92. The molecule has 2 rings (SSSR count). The predicted molar refractivity (Wildman–Crippen MR) is 80.4 cm³/mol. The van der Waals surface area contributed by atoms with E-state index in [4.69, 9.17) is 11.6 Å². The Morgan fingerprint density at radius 1 is 1.37 bits per heavy atom. The lowest BCUT2D eigenvalue weighted by Gasteiger charge is -2.34. The van der Waals surface area contributed by atoms with Crippen LogP contribution in [0.25, 0.3) is 0 Å². The molecule has 0 aromatic carbocycles. The topological polar surface area (TPSA) is 29.9 Å². The van der Waals surface area contributed by atoms with Gasteiger partial charge in [-0.25, -0.2) is 0 Å². The normalized spacial score (nSPS) is 27.7. The first-order valence-corrected chi connectivity index (χ1v) is 7.86. The van der Waals surface area contributed by atoms with Gasteiger partial charge in [-0.05, 0) is 24.7 Å². The molecule has 0 spiro atoms. The average Bonchev–Trinajstić information content (AvgIpc) is 2.66. The smallest absolute Gasteiger partial charge is 0.0863 e. The van der Waals surface area contributed by atoms with Crippen LogP contribution >= 0.6 is 11.6 Å². The lowest BCUT2D eigenvalue weighted by Crippen LogP contribution is -2.40. The molecule has 1 saturated carbocycles. The van der Waals surface area contributed by atoms with Gasteiger partial charge in [-0.15, -0.1) is 0 Å². The van der Waals surface area contributed by atoms with E-state index in [0.717, 1.165) is 41.2 Å². The Morgan fingerprint density at radius 3 is 2.74 bits per heavy atom. The Morgan fingerprint density at radius 2 is 2.11 bits per heavy atom. The molecule has 0 amide bonds. The molecular formula is C15H26ClN3. The minimum atomic E-state index is 0.611. The molecule has 0 radical (unpaired) electrons. The molecule has 1 aliphatic carbocycles. The van der Waals surface area contributed by atoms with Crippen LogP contribution in [0.1, 0.15) is 51.4 Å². The lowest BCUT2D eigenvalue weighted by atomic mass is 9.78. The van der Waals surface area contributed by atoms with E-state index in [1.165, 1.54) is 19.3 Å². The third-order valence-corrected chi connectivity index (χ3v) is 5.18. The van der Waals surface area contributed by atoms with Gasteiger partial charge in [-0.2, -0.15) is 5.10 Å². The molecule has 1 N–H and O–H groups in total. The number of aromatic nitrogens is 2. The Bertz CT molecular complexity index is 427. The zero-order chi connectivity index (χ0) is 14.0. The Labute approximate surface area is 121 Å². The summed E-state index contributed by atoms with van der Waals surface area (Å²) in [4.78, 5) is 0. The van der Waals surface area contributed by atoms with Crippen LogP contribution in [-0.4, -0.2) is 15.8 Å². The SMILES string of the molecule is CCc1nn(C)c(CNC2CCCC(C)C2C)c1Cl. The number of aryl methyl sites for hydroxylation is 2. The van der Waals surface area contributed by atoms with Gasteiger partial charge in [-0.3, -0.25) is 4.68 Å². The van der Waals surface area contributed by atoms with Crippen molar-refractivity contribution in [1.29, 1.82) is 0 Å². The molecular weight excluding hydrogens is 258 g/mol. The summed E-state index contributed by atoms with van der Waals surface area (Å²) in [6.45, 7) is 7.65. The zero-order valence-electron chi connectivity index (χ0n) is 12.5. The summed E-state index contributed by atoms with van der Waals surface area (Å²) in [5.74, 6) is 1.56. The Balaban J connectivity index is 2.00. The van der Waals surface area contributed by atoms with Crippen molar-refractivity contribution in [1.82, 2.24) is 15.1 Å². The van der Waals surface area contributed by atoms with Gasteiger partial charge in [0.2, 0.25) is 0 Å². The van der Waals surface area contributed by atoms with Crippen LogP contribution < -0.4 is 5.32 Å². The van der Waals surface area contributed by atoms with E-state index in [9.17, 15) is 0 Å². The fourth-order valence-electron chi connectivity index (χ4n) is 3.11. The van der Waals surface area contributed by atoms with Gasteiger partial charge in [0, 0.05) is 19.6 Å². The highest BCUT2D eigenvalue weighted by molar-refractivity contribution is 6.31. The van der Waals surface area contributed by atoms with Gasteiger partial charge in [-0.1, -0.05) is 45.2 Å². The number of hydrogen-bond donors (Lipinski definition) is 1. The molecule has 0 bridgehead atoms. The standard InChI is InChI=1S/C15H26ClN3/c1-5-12-15(16)14(19(4)18-12)9-17-13-8-6-7-10(2)11(13)3/h10-11,13,17H,5-9H2,1-4H3. The van der Waals surface area contributed by atoms with Crippen LogP contribution in [0.4, 0.5) is 0 Å². The van der Waals surface area contributed by atoms with Crippen molar-refractivity contribution in [2.75, 3.05) is 0 Å². The summed E-state index contributed by atoms with van der Waals surface area (Å²) in [5, 5.41) is 9.00. The van der Waals surface area contributed by atoms with Gasteiger partial charge < -0.3 is 5.32 Å². The van der Waals surface area contributed by atoms with Crippen molar-refractivity contribution < 1.29 is 0 Å². The van der Waals surface area contributed by atoms with E-state index in [-0.39, 0.29) is 0 Å². The monoisotopic (exact) mass is 283 g/mol. The largest absolute Gasteiger partial charge is 0.308 e. The maximum absolute atomic E-state index is 6.39. The summed E-state index contributed by atoms with van der Waals surface area (Å²) in [7, 11) is 1.98. The fourth-order valence-corrected chi connectivity index (χ4v) is 3.47. The number of nitrogens with zero attached hydrogens (tertiary/aromatic N) is 2. The van der Waals surface area contributed by atoms with Gasteiger partial charge in [0.05, 0.1) is 16.4 Å². The number of nitrogens with one attached hydrogen (secondary N) is 1. The van der Waals surface area contributed by atoms with Crippen molar-refractivity contribution in [3.05, 3.63) is 16.4 Å². The molecule has 1 heterocycles. The third-order valence-electron chi connectivity index (χ3n) is 4.74. The van der Waals surface area contributed by atoms with Crippen LogP contribution in [0.2, 0.25) is 5.02 Å². The van der Waals surface area contributed by atoms with E-state index in [0.29, 0.717) is 6.04 Å². The number of rotatable bonds is 4. The molecule has 1 aliphatic rings. The molecule has 4 heteroatoms. The molecule has 3 unspecified atom stereocenters. The fraction of sp³-hybridized carbons (Fsp3) is 0.800. The third kappa shape index (κ3) is 3.14. The molecule has 108 valence electrons. The van der Waals surface area contributed by atoms with E-state index >= 15 is 0 Å². The minimum Gasteiger partial charge on any atom is -0.308 e. The molecule has 3 atom stereocenters. The van der Waals surface area contributed by atoms with E-state index in [1.807, 2.05) is 11.7 Å². The maximum Gasteiger partial charge on any atom is 0.0863 e. The summed E-state index contributed by atoms with van der Waals surface area (Å²) >= 11 is 6.39. The van der Waals surface area contributed by atoms with Gasteiger partial charge in [0.1, 0.15) is 0 Å². The lowest BCUT2D eigenvalue weighted by molar-refractivity contribution is 0.205. The zero-order valence-corrected chi connectivity index (χ0v) is 13.3. The summed E-state index contributed by atoms with van der Waals surface area (Å²) in [5.41, 5.74) is 2.12. The second kappa shape index (κ2) is 6.27. The predicted octanol–water partition coefficient (Wildman–Crippen LogP) is 3.55. The van der Waals surface area contributed by atoms with Crippen molar-refractivity contribution in [3.8, 4) is 0 Å².